The van der Waals surface area contributed by atoms with E-state index >= 15 is 0 Å². The molecule has 1 amide bonds. The third-order valence-corrected chi connectivity index (χ3v) is 7.63. The molecule has 1 aliphatic rings. The molecule has 2 aromatic carbocycles. The Bertz CT molecular complexity index is 1180. The number of sulfone groups is 1. The zero-order valence-electron chi connectivity index (χ0n) is 16.5. The highest BCUT2D eigenvalue weighted by atomic mass is 32.2. The molecule has 2 heterocycles. The molecule has 0 aliphatic carbocycles. The quantitative estimate of drug-likeness (QED) is 0.643. The van der Waals surface area contributed by atoms with Crippen molar-refractivity contribution in [2.45, 2.75) is 18.6 Å². The molecule has 1 saturated heterocycles. The minimum atomic E-state index is -3.59. The predicted molar refractivity (Wildman–Crippen MR) is 112 cm³/mol. The fraction of sp³-hybridized carbons (Fsp3) is 0.273. The fourth-order valence-corrected chi connectivity index (χ4v) is 5.65. The van der Waals surface area contributed by atoms with E-state index in [-0.39, 0.29) is 36.7 Å². The maximum Gasteiger partial charge on any atom is 0.257 e. The van der Waals surface area contributed by atoms with Crippen LogP contribution in [0.15, 0.2) is 60.8 Å². The topological polar surface area (TPSA) is 72.3 Å². The molecule has 1 fully saturated rings. The van der Waals surface area contributed by atoms with Gasteiger partial charge in [-0.15, -0.1) is 0 Å². The van der Waals surface area contributed by atoms with Crippen LogP contribution < -0.4 is 0 Å². The third-order valence-electron chi connectivity index (χ3n) is 5.52. The Hall–Kier alpha value is -3.00. The fourth-order valence-electron chi connectivity index (χ4n) is 3.85. The molecule has 156 valence electrons. The maximum absolute atomic E-state index is 14.2. The van der Waals surface area contributed by atoms with Crippen molar-refractivity contribution in [1.29, 1.82) is 0 Å². The Morgan fingerprint density at radius 3 is 2.50 bits per heavy atom. The first-order valence-corrected chi connectivity index (χ1v) is 11.5. The van der Waals surface area contributed by atoms with Crippen molar-refractivity contribution in [2.75, 3.05) is 18.8 Å². The van der Waals surface area contributed by atoms with Crippen molar-refractivity contribution in [2.24, 2.45) is 0 Å². The van der Waals surface area contributed by atoms with E-state index in [9.17, 15) is 17.6 Å². The number of carbonyl (C=O) groups is 1. The number of para-hydroxylation sites is 1. The van der Waals surface area contributed by atoms with Crippen molar-refractivity contribution in [3.05, 3.63) is 83.4 Å². The lowest BCUT2D eigenvalue weighted by Crippen LogP contribution is -2.33. The van der Waals surface area contributed by atoms with Gasteiger partial charge in [-0.3, -0.25) is 4.79 Å². The van der Waals surface area contributed by atoms with E-state index in [4.69, 9.17) is 0 Å². The lowest BCUT2D eigenvalue weighted by molar-refractivity contribution is 0.0766. The second-order valence-electron chi connectivity index (χ2n) is 7.35. The molecule has 6 nitrogen and oxygen atoms in total. The summed E-state index contributed by atoms with van der Waals surface area (Å²) >= 11 is 0. The molecule has 30 heavy (non-hydrogen) atoms. The standard InChI is InChI=1S/C22H22FN3O3S/c1-16-19(15-24-26(16)17-7-3-2-4-8-17)22(27)25-12-11-21(30(28,29)14-13-25)18-9-5-6-10-20(18)23/h2-10,15,21H,11-14H2,1H3/t21-/m0/s1. The molecular weight excluding hydrogens is 405 g/mol. The summed E-state index contributed by atoms with van der Waals surface area (Å²) in [7, 11) is -3.59. The summed E-state index contributed by atoms with van der Waals surface area (Å²) in [6.07, 6.45) is 1.67. The first-order chi connectivity index (χ1) is 14.4. The lowest BCUT2D eigenvalue weighted by Gasteiger charge is -2.20. The van der Waals surface area contributed by atoms with Gasteiger partial charge in [0.05, 0.1) is 34.1 Å². The number of rotatable bonds is 3. The normalized spacial score (nSPS) is 18.7. The highest BCUT2D eigenvalue weighted by Crippen LogP contribution is 2.31. The molecule has 4 rings (SSSR count). The largest absolute Gasteiger partial charge is 0.337 e. The van der Waals surface area contributed by atoms with Gasteiger partial charge in [0, 0.05) is 18.7 Å². The van der Waals surface area contributed by atoms with Crippen molar-refractivity contribution >= 4 is 15.7 Å². The van der Waals surface area contributed by atoms with Crippen LogP contribution in [0.3, 0.4) is 0 Å². The van der Waals surface area contributed by atoms with Crippen LogP contribution in [-0.4, -0.2) is 47.8 Å². The van der Waals surface area contributed by atoms with Gasteiger partial charge in [-0.1, -0.05) is 36.4 Å². The van der Waals surface area contributed by atoms with Crippen molar-refractivity contribution in [3.63, 3.8) is 0 Å². The molecule has 0 saturated carbocycles. The first-order valence-electron chi connectivity index (χ1n) is 9.74. The van der Waals surface area contributed by atoms with Crippen molar-refractivity contribution in [1.82, 2.24) is 14.7 Å². The molecule has 8 heteroatoms. The SMILES string of the molecule is Cc1c(C(=O)N2CC[C@@H](c3ccccc3F)S(=O)(=O)CC2)cnn1-c1ccccc1. The molecule has 0 bridgehead atoms. The van der Waals surface area contributed by atoms with Gasteiger partial charge in [0.1, 0.15) is 5.82 Å². The molecule has 0 unspecified atom stereocenters. The van der Waals surface area contributed by atoms with Gasteiger partial charge in [0.15, 0.2) is 9.84 Å². The van der Waals surface area contributed by atoms with E-state index in [1.165, 1.54) is 29.3 Å². The predicted octanol–water partition coefficient (Wildman–Crippen LogP) is 3.32. The second-order valence-corrected chi connectivity index (χ2v) is 9.65. The monoisotopic (exact) mass is 427 g/mol. The van der Waals surface area contributed by atoms with Crippen LogP contribution in [0, 0.1) is 12.7 Å². The Labute approximate surface area is 174 Å². The number of benzene rings is 2. The Morgan fingerprint density at radius 2 is 1.77 bits per heavy atom. The average molecular weight is 428 g/mol. The number of halogens is 1. The van der Waals surface area contributed by atoms with Crippen LogP contribution in [0.4, 0.5) is 4.39 Å². The summed E-state index contributed by atoms with van der Waals surface area (Å²) < 4.78 is 41.5. The van der Waals surface area contributed by atoms with Crippen LogP contribution in [0.25, 0.3) is 5.69 Å². The van der Waals surface area contributed by atoms with Crippen LogP contribution in [0.5, 0.6) is 0 Å². The molecule has 3 aromatic rings. The molecular formula is C22H22FN3O3S. The summed E-state index contributed by atoms with van der Waals surface area (Å²) in [5, 5.41) is 3.38. The van der Waals surface area contributed by atoms with E-state index in [2.05, 4.69) is 5.10 Å². The Kier molecular flexibility index (Phi) is 5.42. The molecule has 1 aromatic heterocycles. The molecule has 0 radical (unpaired) electrons. The van der Waals surface area contributed by atoms with Gasteiger partial charge in [0.25, 0.3) is 5.91 Å². The Balaban J connectivity index is 1.59. The number of hydrogen-bond acceptors (Lipinski definition) is 4. The number of carbonyl (C=O) groups excluding carboxylic acids is 1. The minimum Gasteiger partial charge on any atom is -0.337 e. The third kappa shape index (κ3) is 3.75. The van der Waals surface area contributed by atoms with Crippen LogP contribution in [-0.2, 0) is 9.84 Å². The van der Waals surface area contributed by atoms with Gasteiger partial charge < -0.3 is 4.90 Å². The summed E-state index contributed by atoms with van der Waals surface area (Å²) in [4.78, 5) is 14.7. The smallest absolute Gasteiger partial charge is 0.257 e. The summed E-state index contributed by atoms with van der Waals surface area (Å²) in [5.74, 6) is -1.01. The number of hydrogen-bond donors (Lipinski definition) is 0. The highest BCUT2D eigenvalue weighted by molar-refractivity contribution is 7.91. The zero-order chi connectivity index (χ0) is 21.3. The van der Waals surface area contributed by atoms with E-state index in [1.807, 2.05) is 37.3 Å². The lowest BCUT2D eigenvalue weighted by atomic mass is 10.1. The van der Waals surface area contributed by atoms with Crippen LogP contribution >= 0.6 is 0 Å². The minimum absolute atomic E-state index is 0.0715. The van der Waals surface area contributed by atoms with Gasteiger partial charge in [0.2, 0.25) is 0 Å². The van der Waals surface area contributed by atoms with Crippen LogP contribution in [0.2, 0.25) is 0 Å². The number of amides is 1. The Morgan fingerprint density at radius 1 is 1.07 bits per heavy atom. The summed E-state index contributed by atoms with van der Waals surface area (Å²) in [5.41, 5.74) is 2.12. The van der Waals surface area contributed by atoms with Crippen molar-refractivity contribution < 1.29 is 17.6 Å². The summed E-state index contributed by atoms with van der Waals surface area (Å²) in [6, 6.07) is 15.4. The number of nitrogens with zero attached hydrogens (tertiary/aromatic N) is 3. The van der Waals surface area contributed by atoms with Gasteiger partial charge >= 0.3 is 0 Å². The van der Waals surface area contributed by atoms with Gasteiger partial charge in [-0.05, 0) is 31.5 Å². The number of aromatic nitrogens is 2. The van der Waals surface area contributed by atoms with Crippen molar-refractivity contribution in [3.8, 4) is 5.69 Å². The molecule has 1 atom stereocenters. The summed E-state index contributed by atoms with van der Waals surface area (Å²) in [6.45, 7) is 2.11. The molecule has 1 aliphatic heterocycles. The first kappa shape index (κ1) is 20.3. The van der Waals surface area contributed by atoms with E-state index < -0.39 is 20.9 Å². The van der Waals surface area contributed by atoms with E-state index in [1.54, 1.807) is 10.7 Å². The second kappa shape index (κ2) is 8.02. The van der Waals surface area contributed by atoms with E-state index in [0.29, 0.717) is 11.3 Å². The zero-order valence-corrected chi connectivity index (χ0v) is 17.3. The highest BCUT2D eigenvalue weighted by Gasteiger charge is 2.34. The van der Waals surface area contributed by atoms with Gasteiger partial charge in [-0.25, -0.2) is 17.5 Å². The molecule has 0 N–H and O–H groups in total. The van der Waals surface area contributed by atoms with Crippen LogP contribution in [0.1, 0.15) is 33.3 Å². The van der Waals surface area contributed by atoms with E-state index in [0.717, 1.165) is 5.69 Å². The van der Waals surface area contributed by atoms with Gasteiger partial charge in [-0.2, -0.15) is 5.10 Å². The average Bonchev–Trinajstić information content (AvgIpc) is 3.04. The molecule has 0 spiro atoms. The maximum atomic E-state index is 14.2.